The van der Waals surface area contributed by atoms with Crippen LogP contribution in [-0.2, 0) is 11.3 Å². The van der Waals surface area contributed by atoms with E-state index in [4.69, 9.17) is 9.47 Å². The summed E-state index contributed by atoms with van der Waals surface area (Å²) in [4.78, 5) is 13.4. The van der Waals surface area contributed by atoms with E-state index in [9.17, 15) is 4.79 Å². The first-order valence-corrected chi connectivity index (χ1v) is 7.74. The molecule has 0 fully saturated rings. The second-order valence-corrected chi connectivity index (χ2v) is 5.78. The summed E-state index contributed by atoms with van der Waals surface area (Å²) in [6.45, 7) is 5.54. The van der Waals surface area contributed by atoms with Gasteiger partial charge in [0.15, 0.2) is 11.5 Å². The molecular formula is C17H22N2O3. The van der Waals surface area contributed by atoms with Gasteiger partial charge >= 0.3 is 0 Å². The zero-order valence-corrected chi connectivity index (χ0v) is 12.9. The van der Waals surface area contributed by atoms with E-state index in [1.165, 1.54) is 11.1 Å². The summed E-state index contributed by atoms with van der Waals surface area (Å²) in [6, 6.07) is 6.15. The number of fused-ring (bicyclic) bond motifs is 1. The summed E-state index contributed by atoms with van der Waals surface area (Å²) in [5.41, 5.74) is 2.65. The van der Waals surface area contributed by atoms with Crippen LogP contribution in [0.4, 0.5) is 0 Å². The molecule has 0 saturated carbocycles. The molecule has 0 unspecified atom stereocenters. The van der Waals surface area contributed by atoms with Crippen molar-refractivity contribution in [3.63, 3.8) is 0 Å². The molecule has 1 N–H and O–H groups in total. The number of ether oxygens (including phenoxy) is 2. The highest BCUT2D eigenvalue weighted by Crippen LogP contribution is 2.33. The first-order chi connectivity index (χ1) is 10.7. The monoisotopic (exact) mass is 302 g/mol. The summed E-state index contributed by atoms with van der Waals surface area (Å²) >= 11 is 0. The van der Waals surface area contributed by atoms with Gasteiger partial charge in [-0.3, -0.25) is 9.69 Å². The van der Waals surface area contributed by atoms with Crippen LogP contribution in [0.25, 0.3) is 0 Å². The van der Waals surface area contributed by atoms with Gasteiger partial charge in [0, 0.05) is 33.1 Å². The third-order valence-corrected chi connectivity index (χ3v) is 3.97. The van der Waals surface area contributed by atoms with E-state index in [0.29, 0.717) is 6.79 Å². The summed E-state index contributed by atoms with van der Waals surface area (Å²) in [7, 11) is 0. The number of benzene rings is 1. The Balaban J connectivity index is 1.53. The highest BCUT2D eigenvalue weighted by atomic mass is 16.7. The fraction of sp³-hybridized carbons (Fsp3) is 0.471. The fourth-order valence-electron chi connectivity index (χ4n) is 2.89. The molecule has 0 radical (unpaired) electrons. The van der Waals surface area contributed by atoms with Crippen LogP contribution in [0.5, 0.6) is 11.5 Å². The van der Waals surface area contributed by atoms with E-state index in [1.54, 1.807) is 6.92 Å². The molecule has 1 amide bonds. The predicted octanol–water partition coefficient (Wildman–Crippen LogP) is 2.07. The molecule has 1 aromatic carbocycles. The lowest BCUT2D eigenvalue weighted by atomic mass is 10.1. The Morgan fingerprint density at radius 2 is 2.18 bits per heavy atom. The van der Waals surface area contributed by atoms with Crippen LogP contribution in [0, 0.1) is 0 Å². The van der Waals surface area contributed by atoms with E-state index in [1.807, 2.05) is 6.07 Å². The second kappa shape index (κ2) is 6.83. The molecule has 22 heavy (non-hydrogen) atoms. The van der Waals surface area contributed by atoms with Crippen LogP contribution in [0.2, 0.25) is 0 Å². The average molecular weight is 302 g/mol. The van der Waals surface area contributed by atoms with Crippen molar-refractivity contribution in [1.29, 1.82) is 0 Å². The van der Waals surface area contributed by atoms with Crippen molar-refractivity contribution in [1.82, 2.24) is 10.2 Å². The third kappa shape index (κ3) is 3.80. The van der Waals surface area contributed by atoms with Gasteiger partial charge in [-0.2, -0.15) is 0 Å². The molecular weight excluding hydrogens is 280 g/mol. The van der Waals surface area contributed by atoms with Crippen molar-refractivity contribution in [2.24, 2.45) is 0 Å². The normalized spacial score (nSPS) is 17.2. The highest BCUT2D eigenvalue weighted by molar-refractivity contribution is 5.72. The maximum Gasteiger partial charge on any atom is 0.231 e. The Kier molecular flexibility index (Phi) is 4.63. The largest absolute Gasteiger partial charge is 0.454 e. The quantitative estimate of drug-likeness (QED) is 0.846. The topological polar surface area (TPSA) is 50.8 Å². The third-order valence-electron chi connectivity index (χ3n) is 3.97. The highest BCUT2D eigenvalue weighted by Gasteiger charge is 2.16. The lowest BCUT2D eigenvalue weighted by molar-refractivity contribution is -0.118. The standard InChI is InChI=1S/C17H22N2O3/c1-13(20)18-7-6-14-3-2-8-19(10-14)11-15-4-5-16-17(9-15)22-12-21-16/h3-5,9H,2,6-8,10-12H2,1H3,(H,18,20). The van der Waals surface area contributed by atoms with Gasteiger partial charge in [-0.1, -0.05) is 17.7 Å². The van der Waals surface area contributed by atoms with Crippen LogP contribution in [-0.4, -0.2) is 37.2 Å². The Morgan fingerprint density at radius 3 is 3.05 bits per heavy atom. The molecule has 0 spiro atoms. The molecule has 1 aromatic rings. The van der Waals surface area contributed by atoms with Gasteiger partial charge in [0.1, 0.15) is 0 Å². The van der Waals surface area contributed by atoms with Crippen molar-refractivity contribution in [2.45, 2.75) is 26.3 Å². The van der Waals surface area contributed by atoms with Gasteiger partial charge in [-0.05, 0) is 30.5 Å². The van der Waals surface area contributed by atoms with E-state index in [2.05, 4.69) is 28.4 Å². The minimum atomic E-state index is 0.0358. The molecule has 0 saturated heterocycles. The van der Waals surface area contributed by atoms with Gasteiger partial charge in [0.2, 0.25) is 12.7 Å². The average Bonchev–Trinajstić information content (AvgIpc) is 2.95. The van der Waals surface area contributed by atoms with Gasteiger partial charge in [-0.15, -0.1) is 0 Å². The number of carbonyl (C=O) groups excluding carboxylic acids is 1. The van der Waals surface area contributed by atoms with E-state index in [0.717, 1.165) is 50.5 Å². The Labute approximate surface area is 130 Å². The SMILES string of the molecule is CC(=O)NCCC1=CCCN(Cc2ccc3c(c2)OCO3)C1. The van der Waals surface area contributed by atoms with Gasteiger partial charge in [-0.25, -0.2) is 0 Å². The van der Waals surface area contributed by atoms with Gasteiger partial charge in [0.25, 0.3) is 0 Å². The van der Waals surface area contributed by atoms with Gasteiger partial charge in [0.05, 0.1) is 0 Å². The van der Waals surface area contributed by atoms with Crippen molar-refractivity contribution in [3.8, 4) is 11.5 Å². The lowest BCUT2D eigenvalue weighted by Crippen LogP contribution is -2.31. The lowest BCUT2D eigenvalue weighted by Gasteiger charge is -2.27. The first kappa shape index (κ1) is 14.9. The van der Waals surface area contributed by atoms with Crippen LogP contribution >= 0.6 is 0 Å². The maximum absolute atomic E-state index is 10.9. The number of nitrogens with zero attached hydrogens (tertiary/aromatic N) is 1. The van der Waals surface area contributed by atoms with Crippen molar-refractivity contribution in [2.75, 3.05) is 26.4 Å². The molecule has 0 aromatic heterocycles. The smallest absolute Gasteiger partial charge is 0.231 e. The predicted molar refractivity (Wildman–Crippen MR) is 83.8 cm³/mol. The Morgan fingerprint density at radius 1 is 1.32 bits per heavy atom. The summed E-state index contributed by atoms with van der Waals surface area (Å²) in [5, 5.41) is 2.86. The van der Waals surface area contributed by atoms with E-state index >= 15 is 0 Å². The molecule has 2 aliphatic heterocycles. The molecule has 5 heteroatoms. The molecule has 2 heterocycles. The molecule has 0 bridgehead atoms. The maximum atomic E-state index is 10.9. The van der Waals surface area contributed by atoms with Crippen LogP contribution in [0.3, 0.4) is 0 Å². The van der Waals surface area contributed by atoms with Crippen molar-refractivity contribution >= 4 is 5.91 Å². The zero-order chi connectivity index (χ0) is 15.4. The van der Waals surface area contributed by atoms with Crippen LogP contribution in [0.1, 0.15) is 25.3 Å². The van der Waals surface area contributed by atoms with Crippen LogP contribution in [0.15, 0.2) is 29.8 Å². The number of carbonyl (C=O) groups is 1. The summed E-state index contributed by atoms with van der Waals surface area (Å²) in [5.74, 6) is 1.71. The van der Waals surface area contributed by atoms with E-state index in [-0.39, 0.29) is 5.91 Å². The molecule has 2 aliphatic rings. The van der Waals surface area contributed by atoms with Crippen molar-refractivity contribution < 1.29 is 14.3 Å². The summed E-state index contributed by atoms with van der Waals surface area (Å²) < 4.78 is 10.8. The van der Waals surface area contributed by atoms with Gasteiger partial charge < -0.3 is 14.8 Å². The molecule has 0 atom stereocenters. The molecule has 0 aliphatic carbocycles. The number of hydrogen-bond acceptors (Lipinski definition) is 4. The van der Waals surface area contributed by atoms with Crippen molar-refractivity contribution in [3.05, 3.63) is 35.4 Å². The number of amides is 1. The molecule has 5 nitrogen and oxygen atoms in total. The molecule has 118 valence electrons. The molecule has 3 rings (SSSR count). The fourth-order valence-corrected chi connectivity index (χ4v) is 2.89. The number of hydrogen-bond donors (Lipinski definition) is 1. The zero-order valence-electron chi connectivity index (χ0n) is 12.9. The summed E-state index contributed by atoms with van der Waals surface area (Å²) in [6.07, 6.45) is 4.30. The first-order valence-electron chi connectivity index (χ1n) is 7.74. The minimum absolute atomic E-state index is 0.0358. The van der Waals surface area contributed by atoms with Crippen LogP contribution < -0.4 is 14.8 Å². The minimum Gasteiger partial charge on any atom is -0.454 e. The number of nitrogens with one attached hydrogen (secondary N) is 1. The second-order valence-electron chi connectivity index (χ2n) is 5.78. The Hall–Kier alpha value is -2.01. The number of rotatable bonds is 5. The Bertz CT molecular complexity index is 583. The van der Waals surface area contributed by atoms with E-state index < -0.39 is 0 Å².